The van der Waals surface area contributed by atoms with E-state index in [1.165, 1.54) is 0 Å². The summed E-state index contributed by atoms with van der Waals surface area (Å²) in [5.41, 5.74) is 12.4. The largest absolute Gasteiger partial charge is 0.477 e. The van der Waals surface area contributed by atoms with Crippen molar-refractivity contribution in [2.75, 3.05) is 26.3 Å². The number of benzene rings is 1. The number of amides is 4. The van der Waals surface area contributed by atoms with Gasteiger partial charge in [0.1, 0.15) is 12.2 Å². The summed E-state index contributed by atoms with van der Waals surface area (Å²) in [6, 6.07) is 2.08. The highest BCUT2D eigenvalue weighted by Crippen LogP contribution is 2.27. The van der Waals surface area contributed by atoms with Crippen LogP contribution in [-0.4, -0.2) is 166 Å². The molecule has 0 bridgehead atoms. The van der Waals surface area contributed by atoms with E-state index in [1.807, 2.05) is 0 Å². The molecule has 2 aliphatic heterocycles. The number of hydrogen-bond acceptors (Lipinski definition) is 16. The van der Waals surface area contributed by atoms with E-state index in [4.69, 9.17) is 41.2 Å². The second-order valence-electron chi connectivity index (χ2n) is 13.9. The first-order chi connectivity index (χ1) is 29.2. The molecule has 0 unspecified atom stereocenters. The molecule has 0 aromatic heterocycles. The molecular formula is C36H52N10O16. The van der Waals surface area contributed by atoms with Crippen LogP contribution < -0.4 is 43.4 Å². The van der Waals surface area contributed by atoms with E-state index in [0.717, 1.165) is 37.1 Å². The summed E-state index contributed by atoms with van der Waals surface area (Å²) >= 11 is 0. The zero-order valence-electron chi connectivity index (χ0n) is 33.4. The fourth-order valence-electron chi connectivity index (χ4n) is 6.44. The minimum atomic E-state index is -1.81. The first kappa shape index (κ1) is 49.5. The molecule has 0 fully saturated rings. The first-order valence-corrected chi connectivity index (χ1v) is 18.8. The van der Waals surface area contributed by atoms with Gasteiger partial charge in [-0.1, -0.05) is 24.3 Å². The number of carboxylic acids is 2. The Bertz CT molecular complexity index is 1730. The number of aliphatic hydroxyl groups excluding tert-OH is 4. The van der Waals surface area contributed by atoms with E-state index < -0.39 is 133 Å². The lowest BCUT2D eigenvalue weighted by Crippen LogP contribution is -2.65. The van der Waals surface area contributed by atoms with Gasteiger partial charge < -0.3 is 93.0 Å². The average molecular weight is 881 g/mol. The van der Waals surface area contributed by atoms with Gasteiger partial charge in [-0.25, -0.2) is 19.2 Å². The standard InChI is InChI=1S/C36H52N10O16/c1-15(49)43-25-19(45-33(37)38)11-23(31(53)54)59-29(25)27(21(51)13-47)61-35(57)41-9-7-17-3-5-18(6-4-17)8-10-42-36(58)62-28(22(52)14-48)30-26(44-16(2)50)20(46-34(39)40)12-24(60-30)32(55)56/h3-6,11-12,19-22,25-30,47-48,51-52H,7-10,13-14H2,1-2H3,(H,41,57)(H,42,58)(H,43,49)(H,44,50)(H,53,54)(H,55,56)(H4,37,38,45)(H4,39,40,46)/t19-,20-,21+,22+,25+,26+,27+,28+,29+,30+/m0/s1. The third kappa shape index (κ3) is 14.7. The monoisotopic (exact) mass is 880 g/mol. The Kier molecular flexibility index (Phi) is 18.5. The SMILES string of the molecule is CC(=O)N[C@H]1[C@H]([C@H](OC(=O)NCCc2ccc(CCNC(=O)O[C@@H]([C@@H]3OC(C(=O)O)=C[C@H](NC(=N)N)[C@H]3NC(C)=O)[C@H](O)CO)cc2)[C@H](O)CO)OC(C(=O)O)=C[C@@H]1NC(=N)N. The first-order valence-electron chi connectivity index (χ1n) is 18.8. The Morgan fingerprint density at radius 2 is 1.00 bits per heavy atom. The number of aliphatic carboxylic acids is 2. The molecule has 4 amide bonds. The second-order valence-corrected chi connectivity index (χ2v) is 13.9. The van der Waals surface area contributed by atoms with E-state index in [1.54, 1.807) is 24.3 Å². The van der Waals surface area contributed by atoms with Crippen molar-refractivity contribution in [1.29, 1.82) is 10.8 Å². The molecule has 26 heteroatoms. The number of carboxylic acid groups (broad SMARTS) is 2. The van der Waals surface area contributed by atoms with E-state index in [9.17, 15) is 59.4 Å². The Hall–Kier alpha value is -6.90. The number of rotatable bonds is 20. The lowest BCUT2D eigenvalue weighted by molar-refractivity contribution is -0.147. The summed E-state index contributed by atoms with van der Waals surface area (Å²) in [5.74, 6) is -6.88. The fourth-order valence-corrected chi connectivity index (χ4v) is 6.44. The second kappa shape index (κ2) is 23.2. The van der Waals surface area contributed by atoms with Crippen LogP contribution in [-0.2, 0) is 51.0 Å². The van der Waals surface area contributed by atoms with Gasteiger partial charge in [0.05, 0.1) is 37.4 Å². The van der Waals surface area contributed by atoms with Crippen LogP contribution in [0.1, 0.15) is 25.0 Å². The molecule has 2 heterocycles. The molecule has 62 heavy (non-hydrogen) atoms. The number of hydrogen-bond donors (Lipinski definition) is 16. The molecule has 0 saturated heterocycles. The van der Waals surface area contributed by atoms with Crippen molar-refractivity contribution in [2.24, 2.45) is 11.5 Å². The molecule has 10 atom stereocenters. The van der Waals surface area contributed by atoms with E-state index >= 15 is 0 Å². The van der Waals surface area contributed by atoms with Gasteiger partial charge in [-0.05, 0) is 36.1 Å². The van der Waals surface area contributed by atoms with Gasteiger partial charge in [0.25, 0.3) is 0 Å². The average Bonchev–Trinajstić information content (AvgIpc) is 3.19. The van der Waals surface area contributed by atoms with Crippen molar-refractivity contribution in [2.45, 2.75) is 87.5 Å². The summed E-state index contributed by atoms with van der Waals surface area (Å²) < 4.78 is 21.8. The smallest absolute Gasteiger partial charge is 0.407 e. The maximum Gasteiger partial charge on any atom is 0.407 e. The maximum atomic E-state index is 12.9. The molecule has 342 valence electrons. The van der Waals surface area contributed by atoms with Crippen LogP contribution in [0.2, 0.25) is 0 Å². The summed E-state index contributed by atoms with van der Waals surface area (Å²) in [6.45, 7) is 0.351. The van der Waals surface area contributed by atoms with Gasteiger partial charge in [0, 0.05) is 26.9 Å². The van der Waals surface area contributed by atoms with Crippen LogP contribution in [0.5, 0.6) is 0 Å². The number of aliphatic hydroxyl groups is 4. The number of carbonyl (C=O) groups excluding carboxylic acids is 4. The Labute approximate surface area is 353 Å². The van der Waals surface area contributed by atoms with Crippen molar-refractivity contribution in [3.63, 3.8) is 0 Å². The topological polar surface area (TPSA) is 433 Å². The van der Waals surface area contributed by atoms with Crippen molar-refractivity contribution in [3.05, 3.63) is 59.1 Å². The molecule has 0 spiro atoms. The highest BCUT2D eigenvalue weighted by molar-refractivity contribution is 5.86. The Morgan fingerprint density at radius 1 is 0.661 bits per heavy atom. The van der Waals surface area contributed by atoms with Crippen LogP contribution >= 0.6 is 0 Å². The number of guanidine groups is 2. The summed E-state index contributed by atoms with van der Waals surface area (Å²) in [5, 5.41) is 90.0. The Morgan fingerprint density at radius 3 is 1.27 bits per heavy atom. The fraction of sp³-hybridized carbons (Fsp3) is 0.500. The highest BCUT2D eigenvalue weighted by atomic mass is 16.6. The van der Waals surface area contributed by atoms with Crippen molar-refractivity contribution in [3.8, 4) is 0 Å². The van der Waals surface area contributed by atoms with Gasteiger partial charge in [-0.2, -0.15) is 0 Å². The van der Waals surface area contributed by atoms with Crippen LogP contribution in [0.3, 0.4) is 0 Å². The third-order valence-electron chi connectivity index (χ3n) is 9.13. The molecule has 0 radical (unpaired) electrons. The van der Waals surface area contributed by atoms with Crippen LogP contribution in [0.15, 0.2) is 47.9 Å². The van der Waals surface area contributed by atoms with Gasteiger partial charge in [-0.15, -0.1) is 0 Å². The minimum absolute atomic E-state index is 0.00731. The summed E-state index contributed by atoms with van der Waals surface area (Å²) in [7, 11) is 0. The molecular weight excluding hydrogens is 828 g/mol. The minimum Gasteiger partial charge on any atom is -0.477 e. The molecule has 26 nitrogen and oxygen atoms in total. The van der Waals surface area contributed by atoms with E-state index in [-0.39, 0.29) is 25.9 Å². The van der Waals surface area contributed by atoms with E-state index in [2.05, 4.69) is 31.9 Å². The van der Waals surface area contributed by atoms with Crippen LogP contribution in [0.4, 0.5) is 9.59 Å². The molecule has 1 aromatic rings. The molecule has 18 N–H and O–H groups in total. The number of ether oxygens (including phenoxy) is 4. The number of nitrogens with one attached hydrogen (secondary N) is 8. The van der Waals surface area contributed by atoms with Crippen LogP contribution in [0, 0.1) is 10.8 Å². The quantitative estimate of drug-likeness (QED) is 0.0431. The summed E-state index contributed by atoms with van der Waals surface area (Å²) in [4.78, 5) is 73.5. The van der Waals surface area contributed by atoms with Crippen molar-refractivity contribution in [1.82, 2.24) is 31.9 Å². The Balaban J connectivity index is 1.60. The maximum absolute atomic E-state index is 12.9. The van der Waals surface area contributed by atoms with Crippen molar-refractivity contribution < 1.29 is 78.4 Å². The molecule has 3 rings (SSSR count). The lowest BCUT2D eigenvalue weighted by Gasteiger charge is -2.41. The zero-order valence-corrected chi connectivity index (χ0v) is 33.4. The molecule has 1 aromatic carbocycles. The highest BCUT2D eigenvalue weighted by Gasteiger charge is 2.48. The van der Waals surface area contributed by atoms with Gasteiger partial charge >= 0.3 is 24.1 Å². The van der Waals surface area contributed by atoms with Gasteiger partial charge in [0.15, 0.2) is 36.3 Å². The summed E-state index contributed by atoms with van der Waals surface area (Å²) in [6.07, 6.45) is -9.87. The molecule has 0 saturated carbocycles. The van der Waals surface area contributed by atoms with Gasteiger partial charge in [-0.3, -0.25) is 20.4 Å². The van der Waals surface area contributed by atoms with E-state index in [0.29, 0.717) is 0 Å². The normalized spacial score (nSPS) is 22.4. The zero-order chi connectivity index (χ0) is 46.3. The number of alkyl carbamates (subject to hydrolysis) is 2. The van der Waals surface area contributed by atoms with Crippen molar-refractivity contribution >= 4 is 47.9 Å². The molecule has 0 aliphatic carbocycles. The predicted octanol–water partition coefficient (Wildman–Crippen LogP) is -4.89. The predicted molar refractivity (Wildman–Crippen MR) is 211 cm³/mol. The lowest BCUT2D eigenvalue weighted by atomic mass is 9.92. The van der Waals surface area contributed by atoms with Crippen LogP contribution in [0.25, 0.3) is 0 Å². The number of carbonyl (C=O) groups is 6. The molecule has 2 aliphatic rings. The number of nitrogens with two attached hydrogens (primary N) is 2. The third-order valence-corrected chi connectivity index (χ3v) is 9.13. The van der Waals surface area contributed by atoms with Gasteiger partial charge in [0.2, 0.25) is 23.3 Å².